The zero-order valence-corrected chi connectivity index (χ0v) is 11.1. The lowest BCUT2D eigenvalue weighted by atomic mass is 9.93. The topological polar surface area (TPSA) is 73.1 Å². The van der Waals surface area contributed by atoms with Gasteiger partial charge in [0.1, 0.15) is 11.6 Å². The molecule has 0 atom stereocenters. The fraction of sp³-hybridized carbons (Fsp3) is 0.667. The maximum atomic E-state index is 5.85. The summed E-state index contributed by atoms with van der Waals surface area (Å²) in [6.45, 7) is 6.66. The number of nitrogens with two attached hydrogens (primary N) is 1. The third-order valence-electron chi connectivity index (χ3n) is 3.16. The Labute approximate surface area is 103 Å². The maximum absolute atomic E-state index is 5.85. The molecular formula is C12H22N4O. The van der Waals surface area contributed by atoms with Crippen LogP contribution in [0.3, 0.4) is 0 Å². The number of rotatable bonds is 6. The van der Waals surface area contributed by atoms with Crippen LogP contribution in [0.15, 0.2) is 6.07 Å². The van der Waals surface area contributed by atoms with Crippen LogP contribution < -0.4 is 15.8 Å². The van der Waals surface area contributed by atoms with Gasteiger partial charge in [0.05, 0.1) is 12.6 Å². The van der Waals surface area contributed by atoms with Crippen molar-refractivity contribution in [3.05, 3.63) is 11.9 Å². The van der Waals surface area contributed by atoms with E-state index in [4.69, 9.17) is 10.5 Å². The Morgan fingerprint density at radius 2 is 2.00 bits per heavy atom. The Kier molecular flexibility index (Phi) is 4.69. The highest BCUT2D eigenvalue weighted by molar-refractivity contribution is 5.41. The van der Waals surface area contributed by atoms with Crippen LogP contribution >= 0.6 is 0 Å². The highest BCUT2D eigenvalue weighted by Crippen LogP contribution is 2.22. The number of nitrogens with zero attached hydrogens (tertiary/aromatic N) is 2. The lowest BCUT2D eigenvalue weighted by Gasteiger charge is -2.32. The predicted octanol–water partition coefficient (Wildman–Crippen LogP) is 1.72. The van der Waals surface area contributed by atoms with E-state index in [1.165, 1.54) is 0 Å². The predicted molar refractivity (Wildman–Crippen MR) is 69.3 cm³/mol. The average Bonchev–Trinajstić information content (AvgIpc) is 2.35. The lowest BCUT2D eigenvalue weighted by molar-refractivity contribution is 0.394. The molecular weight excluding hydrogens is 216 g/mol. The number of hydrogen-bond donors (Lipinski definition) is 2. The smallest absolute Gasteiger partial charge is 0.218 e. The zero-order valence-electron chi connectivity index (χ0n) is 11.1. The van der Waals surface area contributed by atoms with E-state index in [1.807, 2.05) is 6.92 Å². The molecule has 0 aliphatic carbocycles. The number of aryl methyl sites for hydroxylation is 1. The molecule has 0 amide bonds. The third kappa shape index (κ3) is 3.30. The van der Waals surface area contributed by atoms with Crippen LogP contribution in [0, 0.1) is 6.92 Å². The molecule has 0 bridgehead atoms. The molecule has 1 heterocycles. The number of aromatic nitrogens is 2. The van der Waals surface area contributed by atoms with Crippen LogP contribution in [0.2, 0.25) is 0 Å². The van der Waals surface area contributed by atoms with E-state index >= 15 is 0 Å². The quantitative estimate of drug-likeness (QED) is 0.789. The first-order valence-electron chi connectivity index (χ1n) is 5.97. The Bertz CT molecular complexity index is 355. The third-order valence-corrected chi connectivity index (χ3v) is 3.16. The second-order valence-corrected chi connectivity index (χ2v) is 4.16. The van der Waals surface area contributed by atoms with E-state index in [0.29, 0.717) is 18.2 Å². The van der Waals surface area contributed by atoms with E-state index in [2.05, 4.69) is 29.1 Å². The van der Waals surface area contributed by atoms with Gasteiger partial charge < -0.3 is 15.8 Å². The molecule has 5 nitrogen and oxygen atoms in total. The summed E-state index contributed by atoms with van der Waals surface area (Å²) >= 11 is 0. The molecule has 1 aromatic heterocycles. The second-order valence-electron chi connectivity index (χ2n) is 4.16. The molecule has 0 aliphatic rings. The van der Waals surface area contributed by atoms with Gasteiger partial charge in [0, 0.05) is 12.6 Å². The molecule has 1 aromatic rings. The van der Waals surface area contributed by atoms with E-state index in [0.717, 1.165) is 18.7 Å². The van der Waals surface area contributed by atoms with Crippen molar-refractivity contribution in [3.63, 3.8) is 0 Å². The molecule has 0 unspecified atom stereocenters. The van der Waals surface area contributed by atoms with Gasteiger partial charge in [-0.05, 0) is 19.8 Å². The fourth-order valence-electron chi connectivity index (χ4n) is 1.75. The standard InChI is InChI=1S/C12H22N4O/c1-5-12(6-2,8-13)16-10-7-11(17-4)15-9(3)14-10/h7H,5-6,8,13H2,1-4H3,(H,14,15,16). The summed E-state index contributed by atoms with van der Waals surface area (Å²) in [4.78, 5) is 8.51. The van der Waals surface area contributed by atoms with Crippen molar-refractivity contribution in [2.75, 3.05) is 19.0 Å². The first-order valence-corrected chi connectivity index (χ1v) is 5.97. The Morgan fingerprint density at radius 1 is 1.35 bits per heavy atom. The molecule has 17 heavy (non-hydrogen) atoms. The van der Waals surface area contributed by atoms with Gasteiger partial charge >= 0.3 is 0 Å². The molecule has 1 rings (SSSR count). The van der Waals surface area contributed by atoms with Crippen LogP contribution in [0.4, 0.5) is 5.82 Å². The highest BCUT2D eigenvalue weighted by atomic mass is 16.5. The summed E-state index contributed by atoms with van der Waals surface area (Å²) in [5.41, 5.74) is 5.74. The van der Waals surface area contributed by atoms with Crippen LogP contribution in [-0.2, 0) is 0 Å². The lowest BCUT2D eigenvalue weighted by Crippen LogP contribution is -2.44. The molecule has 0 radical (unpaired) electrons. The minimum atomic E-state index is -0.105. The van der Waals surface area contributed by atoms with Crippen molar-refractivity contribution >= 4 is 5.82 Å². The molecule has 0 aliphatic heterocycles. The summed E-state index contributed by atoms with van der Waals surface area (Å²) in [5, 5.41) is 3.40. The van der Waals surface area contributed by atoms with Crippen LogP contribution in [0.25, 0.3) is 0 Å². The van der Waals surface area contributed by atoms with E-state index in [1.54, 1.807) is 13.2 Å². The first-order chi connectivity index (χ1) is 8.09. The summed E-state index contributed by atoms with van der Waals surface area (Å²) in [5.74, 6) is 2.02. The minimum absolute atomic E-state index is 0.105. The number of hydrogen-bond acceptors (Lipinski definition) is 5. The van der Waals surface area contributed by atoms with E-state index in [9.17, 15) is 0 Å². The largest absolute Gasteiger partial charge is 0.481 e. The van der Waals surface area contributed by atoms with Crippen molar-refractivity contribution in [2.45, 2.75) is 39.2 Å². The monoisotopic (exact) mass is 238 g/mol. The van der Waals surface area contributed by atoms with E-state index < -0.39 is 0 Å². The van der Waals surface area contributed by atoms with Gasteiger partial charge in [-0.25, -0.2) is 4.98 Å². The molecule has 0 fully saturated rings. The summed E-state index contributed by atoms with van der Waals surface area (Å²) in [6, 6.07) is 1.79. The maximum Gasteiger partial charge on any atom is 0.218 e. The van der Waals surface area contributed by atoms with Gasteiger partial charge in [-0.3, -0.25) is 0 Å². The van der Waals surface area contributed by atoms with Crippen LogP contribution in [0.5, 0.6) is 5.88 Å². The normalized spacial score (nSPS) is 11.4. The van der Waals surface area contributed by atoms with Gasteiger partial charge in [-0.15, -0.1) is 0 Å². The number of anilines is 1. The van der Waals surface area contributed by atoms with Gasteiger partial charge in [0.15, 0.2) is 0 Å². The van der Waals surface area contributed by atoms with Crippen molar-refractivity contribution in [1.29, 1.82) is 0 Å². The molecule has 0 saturated heterocycles. The molecule has 0 spiro atoms. The molecule has 3 N–H and O–H groups in total. The number of methoxy groups -OCH3 is 1. The SMILES string of the molecule is CCC(CC)(CN)Nc1cc(OC)nc(C)n1. The number of nitrogens with one attached hydrogen (secondary N) is 1. The average molecular weight is 238 g/mol. The second kappa shape index (κ2) is 5.82. The first kappa shape index (κ1) is 13.7. The minimum Gasteiger partial charge on any atom is -0.481 e. The van der Waals surface area contributed by atoms with E-state index in [-0.39, 0.29) is 5.54 Å². The summed E-state index contributed by atoms with van der Waals surface area (Å²) in [7, 11) is 1.60. The van der Waals surface area contributed by atoms with Crippen molar-refractivity contribution < 1.29 is 4.74 Å². The van der Waals surface area contributed by atoms with Gasteiger partial charge in [-0.1, -0.05) is 13.8 Å². The fourth-order valence-corrected chi connectivity index (χ4v) is 1.75. The number of ether oxygens (including phenoxy) is 1. The van der Waals surface area contributed by atoms with Gasteiger partial charge in [0.25, 0.3) is 0 Å². The van der Waals surface area contributed by atoms with Crippen LogP contribution in [-0.4, -0.2) is 29.2 Å². The van der Waals surface area contributed by atoms with Crippen molar-refractivity contribution in [3.8, 4) is 5.88 Å². The Hall–Kier alpha value is -1.36. The molecule has 5 heteroatoms. The van der Waals surface area contributed by atoms with Gasteiger partial charge in [-0.2, -0.15) is 4.98 Å². The summed E-state index contributed by atoms with van der Waals surface area (Å²) < 4.78 is 5.13. The van der Waals surface area contributed by atoms with Crippen LogP contribution in [0.1, 0.15) is 32.5 Å². The molecule has 0 saturated carbocycles. The van der Waals surface area contributed by atoms with Crippen molar-refractivity contribution in [2.24, 2.45) is 5.73 Å². The summed E-state index contributed by atoms with van der Waals surface area (Å²) in [6.07, 6.45) is 1.90. The van der Waals surface area contributed by atoms with Gasteiger partial charge in [0.2, 0.25) is 5.88 Å². The Morgan fingerprint density at radius 3 is 2.47 bits per heavy atom. The highest BCUT2D eigenvalue weighted by Gasteiger charge is 2.24. The Balaban J connectivity index is 2.96. The molecule has 96 valence electrons. The van der Waals surface area contributed by atoms with Crippen molar-refractivity contribution in [1.82, 2.24) is 9.97 Å². The zero-order chi connectivity index (χ0) is 12.9. The molecule has 0 aromatic carbocycles.